The number of rotatable bonds is 6. The van der Waals surface area contributed by atoms with Crippen LogP contribution in [0.3, 0.4) is 0 Å². The van der Waals surface area contributed by atoms with Gasteiger partial charge in [-0.25, -0.2) is 0 Å². The Morgan fingerprint density at radius 1 is 1.15 bits per heavy atom. The lowest BCUT2D eigenvalue weighted by Crippen LogP contribution is -2.38. The van der Waals surface area contributed by atoms with E-state index in [2.05, 4.69) is 9.97 Å². The van der Waals surface area contributed by atoms with Crippen LogP contribution in [-0.4, -0.2) is 70.8 Å². The lowest BCUT2D eigenvalue weighted by atomic mass is 9.90. The number of fused-ring (bicyclic) bond motifs is 2. The van der Waals surface area contributed by atoms with Crippen molar-refractivity contribution in [2.24, 2.45) is 0 Å². The molecule has 0 unspecified atom stereocenters. The number of imide groups is 1. The highest BCUT2D eigenvalue weighted by Gasteiger charge is 2.36. The van der Waals surface area contributed by atoms with E-state index < -0.39 is 0 Å². The maximum atomic E-state index is 13.2. The van der Waals surface area contributed by atoms with Crippen LogP contribution in [0.25, 0.3) is 11.0 Å². The molecule has 2 aliphatic rings. The summed E-state index contributed by atoms with van der Waals surface area (Å²) >= 11 is 0. The van der Waals surface area contributed by atoms with Crippen LogP contribution in [0.1, 0.15) is 61.8 Å². The second-order valence-electron chi connectivity index (χ2n) is 8.58. The number of ether oxygens (including phenoxy) is 1. The Bertz CT molecular complexity index is 1230. The summed E-state index contributed by atoms with van der Waals surface area (Å²) in [4.78, 5) is 49.4. The third-order valence-corrected chi connectivity index (χ3v) is 6.63. The fourth-order valence-corrected chi connectivity index (χ4v) is 4.86. The number of methoxy groups -OCH3 is 1. The van der Waals surface area contributed by atoms with Gasteiger partial charge in [-0.05, 0) is 61.1 Å². The molecule has 1 aromatic carbocycles. The van der Waals surface area contributed by atoms with Crippen molar-refractivity contribution in [3.8, 4) is 0 Å². The molecule has 8 heteroatoms. The van der Waals surface area contributed by atoms with Gasteiger partial charge in [0.05, 0.1) is 22.2 Å². The lowest BCUT2D eigenvalue weighted by molar-refractivity contribution is 0.0638. The molecule has 4 heterocycles. The van der Waals surface area contributed by atoms with Crippen molar-refractivity contribution in [1.29, 1.82) is 0 Å². The zero-order valence-electron chi connectivity index (χ0n) is 18.5. The number of aromatic nitrogens is 2. The van der Waals surface area contributed by atoms with Gasteiger partial charge in [0, 0.05) is 51.3 Å². The molecule has 0 atom stereocenters. The molecule has 1 N–H and O–H groups in total. The van der Waals surface area contributed by atoms with E-state index in [1.807, 2.05) is 23.2 Å². The average molecular weight is 447 g/mol. The molecule has 170 valence electrons. The summed E-state index contributed by atoms with van der Waals surface area (Å²) in [5.41, 5.74) is 4.34. The Hall–Kier alpha value is -3.52. The highest BCUT2D eigenvalue weighted by Crippen LogP contribution is 2.33. The fourth-order valence-electron chi connectivity index (χ4n) is 4.86. The first kappa shape index (κ1) is 21.3. The topological polar surface area (TPSA) is 95.6 Å². The normalized spacial score (nSPS) is 16.6. The largest absolute Gasteiger partial charge is 0.385 e. The summed E-state index contributed by atoms with van der Waals surface area (Å²) in [6, 6.07) is 8.76. The number of hydrogen-bond donors (Lipinski definition) is 1. The maximum absolute atomic E-state index is 13.2. The van der Waals surface area contributed by atoms with Gasteiger partial charge >= 0.3 is 0 Å². The van der Waals surface area contributed by atoms with Crippen molar-refractivity contribution >= 4 is 28.8 Å². The Kier molecular flexibility index (Phi) is 5.68. The summed E-state index contributed by atoms with van der Waals surface area (Å²) in [5, 5.41) is 0. The minimum atomic E-state index is -0.341. The zero-order chi connectivity index (χ0) is 22.9. The molecule has 5 rings (SSSR count). The molecule has 33 heavy (non-hydrogen) atoms. The monoisotopic (exact) mass is 446 g/mol. The van der Waals surface area contributed by atoms with Gasteiger partial charge in [-0.1, -0.05) is 0 Å². The van der Waals surface area contributed by atoms with E-state index in [9.17, 15) is 14.4 Å². The SMILES string of the molecule is COCCCN1C(=O)c2ccc(C(=O)N3CCC(c4c[nH]c5cccnc45)CC3)cc2C1=O. The predicted octanol–water partition coefficient (Wildman–Crippen LogP) is 3.22. The number of pyridine rings is 1. The van der Waals surface area contributed by atoms with E-state index in [0.29, 0.717) is 55.3 Å². The second kappa shape index (κ2) is 8.78. The predicted molar refractivity (Wildman–Crippen MR) is 122 cm³/mol. The number of H-pyrrole nitrogens is 1. The molecule has 2 aliphatic heterocycles. The van der Waals surface area contributed by atoms with Gasteiger partial charge in [0.2, 0.25) is 0 Å². The van der Waals surface area contributed by atoms with Crippen molar-refractivity contribution in [3.63, 3.8) is 0 Å². The molecule has 0 radical (unpaired) electrons. The highest BCUT2D eigenvalue weighted by atomic mass is 16.5. The molecule has 0 saturated carbocycles. The number of amides is 3. The first-order valence-corrected chi connectivity index (χ1v) is 11.3. The van der Waals surface area contributed by atoms with Gasteiger partial charge in [0.15, 0.2) is 0 Å². The van der Waals surface area contributed by atoms with Gasteiger partial charge in [-0.15, -0.1) is 0 Å². The van der Waals surface area contributed by atoms with Crippen LogP contribution >= 0.6 is 0 Å². The first-order valence-electron chi connectivity index (χ1n) is 11.3. The van der Waals surface area contributed by atoms with Crippen LogP contribution in [-0.2, 0) is 4.74 Å². The first-order chi connectivity index (χ1) is 16.1. The molecular weight excluding hydrogens is 420 g/mol. The van der Waals surface area contributed by atoms with E-state index in [-0.39, 0.29) is 17.7 Å². The fraction of sp³-hybridized carbons (Fsp3) is 0.360. The molecule has 2 aromatic heterocycles. The van der Waals surface area contributed by atoms with E-state index in [0.717, 1.165) is 23.9 Å². The van der Waals surface area contributed by atoms with Crippen LogP contribution in [0.15, 0.2) is 42.7 Å². The molecule has 1 saturated heterocycles. The number of likely N-dealkylation sites (tertiary alicyclic amines) is 1. The van der Waals surface area contributed by atoms with Crippen molar-refractivity contribution in [2.75, 3.05) is 33.4 Å². The second-order valence-corrected chi connectivity index (χ2v) is 8.58. The van der Waals surface area contributed by atoms with Gasteiger partial charge in [0.25, 0.3) is 17.7 Å². The summed E-state index contributed by atoms with van der Waals surface area (Å²) in [6.45, 7) is 2.05. The van der Waals surface area contributed by atoms with E-state index in [1.54, 1.807) is 31.5 Å². The van der Waals surface area contributed by atoms with Crippen LogP contribution in [0.5, 0.6) is 0 Å². The third-order valence-electron chi connectivity index (χ3n) is 6.63. The van der Waals surface area contributed by atoms with Crippen molar-refractivity contribution < 1.29 is 19.1 Å². The standard InChI is InChI=1S/C25H26N4O4/c1-33-13-3-10-29-24(31)18-6-5-17(14-19(18)25(29)32)23(30)28-11-7-16(8-12-28)20-15-27-21-4-2-9-26-22(20)21/h2,4-6,9,14-16,27H,3,7-8,10-13H2,1H3. The minimum Gasteiger partial charge on any atom is -0.385 e. The number of aromatic amines is 1. The van der Waals surface area contributed by atoms with Crippen LogP contribution < -0.4 is 0 Å². The molecular formula is C25H26N4O4. The summed E-state index contributed by atoms with van der Waals surface area (Å²) in [7, 11) is 1.58. The Morgan fingerprint density at radius 3 is 2.73 bits per heavy atom. The quantitative estimate of drug-likeness (QED) is 0.463. The molecule has 1 fully saturated rings. The van der Waals surface area contributed by atoms with Crippen LogP contribution in [0.4, 0.5) is 0 Å². The molecule has 3 amide bonds. The average Bonchev–Trinajstić information content (AvgIpc) is 3.38. The Balaban J connectivity index is 1.27. The number of hydrogen-bond acceptors (Lipinski definition) is 5. The van der Waals surface area contributed by atoms with E-state index in [4.69, 9.17) is 4.74 Å². The summed E-state index contributed by atoms with van der Waals surface area (Å²) in [5.74, 6) is -0.409. The van der Waals surface area contributed by atoms with Crippen molar-refractivity contribution in [2.45, 2.75) is 25.2 Å². The molecule has 8 nitrogen and oxygen atoms in total. The number of benzene rings is 1. The van der Waals surface area contributed by atoms with E-state index in [1.165, 1.54) is 10.5 Å². The maximum Gasteiger partial charge on any atom is 0.261 e. The van der Waals surface area contributed by atoms with E-state index >= 15 is 0 Å². The zero-order valence-corrected chi connectivity index (χ0v) is 18.5. The number of carbonyl (C=O) groups is 3. The number of nitrogens with one attached hydrogen (secondary N) is 1. The summed E-state index contributed by atoms with van der Waals surface area (Å²) in [6.07, 6.45) is 6.11. The Morgan fingerprint density at radius 2 is 1.94 bits per heavy atom. The number of piperidine rings is 1. The molecule has 0 spiro atoms. The van der Waals surface area contributed by atoms with Gasteiger partial charge in [-0.3, -0.25) is 24.3 Å². The smallest absolute Gasteiger partial charge is 0.261 e. The molecule has 3 aromatic rings. The van der Waals surface area contributed by atoms with Gasteiger partial charge in [-0.2, -0.15) is 0 Å². The number of nitrogens with zero attached hydrogens (tertiary/aromatic N) is 3. The van der Waals surface area contributed by atoms with Crippen LogP contribution in [0.2, 0.25) is 0 Å². The van der Waals surface area contributed by atoms with Crippen molar-refractivity contribution in [1.82, 2.24) is 19.8 Å². The van der Waals surface area contributed by atoms with Crippen molar-refractivity contribution in [3.05, 3.63) is 65.0 Å². The molecule has 0 aliphatic carbocycles. The highest BCUT2D eigenvalue weighted by molar-refractivity contribution is 6.22. The van der Waals surface area contributed by atoms with Gasteiger partial charge < -0.3 is 14.6 Å². The van der Waals surface area contributed by atoms with Crippen LogP contribution in [0, 0.1) is 0 Å². The number of carbonyl (C=O) groups excluding carboxylic acids is 3. The Labute approximate surface area is 191 Å². The molecule has 0 bridgehead atoms. The minimum absolute atomic E-state index is 0.105. The summed E-state index contributed by atoms with van der Waals surface area (Å²) < 4.78 is 5.01. The lowest BCUT2D eigenvalue weighted by Gasteiger charge is -2.32. The third kappa shape index (κ3) is 3.80. The van der Waals surface area contributed by atoms with Gasteiger partial charge in [0.1, 0.15) is 0 Å².